The molecular weight excluding hydrogens is 246 g/mol. The zero-order chi connectivity index (χ0) is 14.2. The van der Waals surface area contributed by atoms with Crippen LogP contribution in [-0.2, 0) is 5.41 Å². The Kier molecular flexibility index (Phi) is 3.43. The molecule has 0 unspecified atom stereocenters. The van der Waals surface area contributed by atoms with Gasteiger partial charge in [-0.2, -0.15) is 0 Å². The molecule has 4 heteroatoms. The Morgan fingerprint density at radius 2 is 1.89 bits per heavy atom. The van der Waals surface area contributed by atoms with Crippen LogP contribution in [0, 0.1) is 11.6 Å². The summed E-state index contributed by atoms with van der Waals surface area (Å²) >= 11 is 0. The van der Waals surface area contributed by atoms with E-state index in [-0.39, 0.29) is 10.9 Å². The summed E-state index contributed by atoms with van der Waals surface area (Å²) in [5.74, 6) is -1.14. The van der Waals surface area contributed by atoms with Gasteiger partial charge in [0, 0.05) is 17.5 Å². The molecule has 2 aromatic rings. The summed E-state index contributed by atoms with van der Waals surface area (Å²) in [5.41, 5.74) is 0.945. The van der Waals surface area contributed by atoms with Gasteiger partial charge < -0.3 is 5.32 Å². The number of hydrogen-bond donors (Lipinski definition) is 1. The molecule has 0 bridgehead atoms. The maximum absolute atomic E-state index is 13.8. The molecule has 1 N–H and O–H groups in total. The van der Waals surface area contributed by atoms with E-state index in [4.69, 9.17) is 0 Å². The maximum Gasteiger partial charge on any atom is 0.185 e. The van der Waals surface area contributed by atoms with Gasteiger partial charge >= 0.3 is 0 Å². The molecule has 102 valence electrons. The molecule has 1 aromatic carbocycles. The van der Waals surface area contributed by atoms with E-state index < -0.39 is 11.6 Å². The van der Waals surface area contributed by atoms with E-state index in [1.54, 1.807) is 6.07 Å². The third-order valence-corrected chi connectivity index (χ3v) is 3.03. The molecule has 0 atom stereocenters. The standard InChI is InChI=1S/C15H18F2N2/c1-5-18-14-10(15(2,3)4)8-9-6-7-11(16)12(17)13(9)19-14/h6-8H,5H2,1-4H3,(H,18,19). The van der Waals surface area contributed by atoms with Crippen molar-refractivity contribution in [1.82, 2.24) is 4.98 Å². The zero-order valence-corrected chi connectivity index (χ0v) is 11.6. The average Bonchev–Trinajstić information content (AvgIpc) is 2.33. The molecule has 0 fully saturated rings. The molecular formula is C15H18F2N2. The van der Waals surface area contributed by atoms with Crippen molar-refractivity contribution in [3.05, 3.63) is 35.4 Å². The van der Waals surface area contributed by atoms with Gasteiger partial charge in [0.25, 0.3) is 0 Å². The number of fused-ring (bicyclic) bond motifs is 1. The van der Waals surface area contributed by atoms with Crippen molar-refractivity contribution >= 4 is 16.7 Å². The summed E-state index contributed by atoms with van der Waals surface area (Å²) in [6, 6.07) is 4.58. The highest BCUT2D eigenvalue weighted by molar-refractivity contribution is 5.82. The quantitative estimate of drug-likeness (QED) is 0.877. The minimum absolute atomic E-state index is 0.0731. The molecule has 1 aromatic heterocycles. The van der Waals surface area contributed by atoms with Gasteiger partial charge in [-0.3, -0.25) is 0 Å². The molecule has 1 heterocycles. The molecule has 0 saturated carbocycles. The van der Waals surface area contributed by atoms with Crippen LogP contribution in [0.15, 0.2) is 18.2 Å². The molecule has 0 spiro atoms. The van der Waals surface area contributed by atoms with Crippen LogP contribution < -0.4 is 5.32 Å². The first-order valence-electron chi connectivity index (χ1n) is 6.37. The van der Waals surface area contributed by atoms with Gasteiger partial charge in [0.05, 0.1) is 0 Å². The lowest BCUT2D eigenvalue weighted by atomic mass is 9.86. The molecule has 2 nitrogen and oxygen atoms in total. The van der Waals surface area contributed by atoms with Crippen LogP contribution in [-0.4, -0.2) is 11.5 Å². The molecule has 2 rings (SSSR count). The Hall–Kier alpha value is -1.71. The Morgan fingerprint density at radius 1 is 1.21 bits per heavy atom. The predicted octanol–water partition coefficient (Wildman–Crippen LogP) is 4.24. The highest BCUT2D eigenvalue weighted by Crippen LogP contribution is 2.32. The fourth-order valence-corrected chi connectivity index (χ4v) is 2.05. The van der Waals surface area contributed by atoms with Gasteiger partial charge in [-0.25, -0.2) is 13.8 Å². The number of pyridine rings is 1. The van der Waals surface area contributed by atoms with E-state index in [0.29, 0.717) is 17.7 Å². The maximum atomic E-state index is 13.8. The number of hydrogen-bond acceptors (Lipinski definition) is 2. The van der Waals surface area contributed by atoms with E-state index >= 15 is 0 Å². The van der Waals surface area contributed by atoms with Crippen molar-refractivity contribution < 1.29 is 8.78 Å². The van der Waals surface area contributed by atoms with Crippen LogP contribution in [0.2, 0.25) is 0 Å². The van der Waals surface area contributed by atoms with Gasteiger partial charge in [0.15, 0.2) is 11.6 Å². The summed E-state index contributed by atoms with van der Waals surface area (Å²) < 4.78 is 27.0. The van der Waals surface area contributed by atoms with E-state index in [1.807, 2.05) is 13.0 Å². The smallest absolute Gasteiger partial charge is 0.185 e. The Morgan fingerprint density at radius 3 is 2.47 bits per heavy atom. The van der Waals surface area contributed by atoms with Crippen LogP contribution in [0.1, 0.15) is 33.3 Å². The lowest BCUT2D eigenvalue weighted by molar-refractivity contribution is 0.515. The van der Waals surface area contributed by atoms with E-state index in [0.717, 1.165) is 11.6 Å². The molecule has 0 radical (unpaired) electrons. The molecule has 19 heavy (non-hydrogen) atoms. The molecule has 0 aliphatic heterocycles. The highest BCUT2D eigenvalue weighted by atomic mass is 19.2. The van der Waals surface area contributed by atoms with Crippen LogP contribution >= 0.6 is 0 Å². The minimum atomic E-state index is -0.892. The van der Waals surface area contributed by atoms with Crippen molar-refractivity contribution in [2.45, 2.75) is 33.1 Å². The summed E-state index contributed by atoms with van der Waals surface area (Å²) in [6.45, 7) is 8.82. The van der Waals surface area contributed by atoms with Gasteiger partial charge in [-0.1, -0.05) is 20.8 Å². The van der Waals surface area contributed by atoms with Crippen molar-refractivity contribution in [1.29, 1.82) is 0 Å². The van der Waals surface area contributed by atoms with Gasteiger partial charge in [-0.15, -0.1) is 0 Å². The molecule has 0 aliphatic carbocycles. The summed E-state index contributed by atoms with van der Waals surface area (Å²) in [5, 5.41) is 3.74. The first-order valence-corrected chi connectivity index (χ1v) is 6.37. The monoisotopic (exact) mass is 264 g/mol. The fraction of sp³-hybridized carbons (Fsp3) is 0.400. The first kappa shape index (κ1) is 13.7. The molecule has 0 saturated heterocycles. The predicted molar refractivity (Wildman–Crippen MR) is 74.5 cm³/mol. The number of halogens is 2. The van der Waals surface area contributed by atoms with E-state index in [1.165, 1.54) is 0 Å². The highest BCUT2D eigenvalue weighted by Gasteiger charge is 2.21. The van der Waals surface area contributed by atoms with Crippen LogP contribution in [0.25, 0.3) is 10.9 Å². The van der Waals surface area contributed by atoms with Crippen LogP contribution in [0.5, 0.6) is 0 Å². The number of aromatic nitrogens is 1. The van der Waals surface area contributed by atoms with Gasteiger partial charge in [0.2, 0.25) is 0 Å². The molecule has 0 amide bonds. The topological polar surface area (TPSA) is 24.9 Å². The minimum Gasteiger partial charge on any atom is -0.370 e. The second-order valence-corrected chi connectivity index (χ2v) is 5.60. The van der Waals surface area contributed by atoms with Crippen LogP contribution in [0.3, 0.4) is 0 Å². The normalized spacial score (nSPS) is 11.9. The first-order chi connectivity index (χ1) is 8.84. The number of benzene rings is 1. The largest absolute Gasteiger partial charge is 0.370 e. The number of rotatable bonds is 2. The van der Waals surface area contributed by atoms with E-state index in [2.05, 4.69) is 31.1 Å². The number of nitrogens with zero attached hydrogens (tertiary/aromatic N) is 1. The molecule has 0 aliphatic rings. The third kappa shape index (κ3) is 2.53. The lowest BCUT2D eigenvalue weighted by Gasteiger charge is -2.23. The average molecular weight is 264 g/mol. The summed E-state index contributed by atoms with van der Waals surface area (Å²) in [4.78, 5) is 4.27. The van der Waals surface area contributed by atoms with Crippen molar-refractivity contribution in [3.63, 3.8) is 0 Å². The van der Waals surface area contributed by atoms with Crippen LogP contribution in [0.4, 0.5) is 14.6 Å². The summed E-state index contributed by atoms with van der Waals surface area (Å²) in [7, 11) is 0. The third-order valence-electron chi connectivity index (χ3n) is 3.03. The number of nitrogens with one attached hydrogen (secondary N) is 1. The zero-order valence-electron chi connectivity index (χ0n) is 11.6. The second kappa shape index (κ2) is 4.76. The SMILES string of the molecule is CCNc1nc2c(F)c(F)ccc2cc1C(C)(C)C. The number of anilines is 1. The second-order valence-electron chi connectivity index (χ2n) is 5.60. The van der Waals surface area contributed by atoms with E-state index in [9.17, 15) is 8.78 Å². The van der Waals surface area contributed by atoms with Crippen molar-refractivity contribution in [2.75, 3.05) is 11.9 Å². The fourth-order valence-electron chi connectivity index (χ4n) is 2.05. The van der Waals surface area contributed by atoms with Crippen molar-refractivity contribution in [2.24, 2.45) is 0 Å². The Labute approximate surface area is 111 Å². The Balaban J connectivity index is 2.76. The summed E-state index contributed by atoms with van der Waals surface area (Å²) in [6.07, 6.45) is 0. The van der Waals surface area contributed by atoms with Crippen molar-refractivity contribution in [3.8, 4) is 0 Å². The lowest BCUT2D eigenvalue weighted by Crippen LogP contribution is -2.16. The Bertz CT molecular complexity index is 616. The van der Waals surface area contributed by atoms with Gasteiger partial charge in [0.1, 0.15) is 11.3 Å². The van der Waals surface area contributed by atoms with Gasteiger partial charge in [-0.05, 0) is 30.5 Å².